The van der Waals surface area contributed by atoms with Gasteiger partial charge in [-0.2, -0.15) is 0 Å². The number of nitrogens with one attached hydrogen (secondary N) is 2. The highest BCUT2D eigenvalue weighted by molar-refractivity contribution is 5.96. The molecule has 0 saturated carbocycles. The van der Waals surface area contributed by atoms with Gasteiger partial charge in [-0.1, -0.05) is 6.07 Å². The first-order chi connectivity index (χ1) is 13.7. The van der Waals surface area contributed by atoms with E-state index in [0.717, 1.165) is 18.4 Å². The lowest BCUT2D eigenvalue weighted by atomic mass is 10.1. The van der Waals surface area contributed by atoms with Gasteiger partial charge >= 0.3 is 6.03 Å². The molecule has 2 N–H and O–H groups in total. The zero-order valence-corrected chi connectivity index (χ0v) is 15.4. The van der Waals surface area contributed by atoms with E-state index >= 15 is 0 Å². The summed E-state index contributed by atoms with van der Waals surface area (Å²) in [5, 5.41) is 5.63. The molecule has 146 valence electrons. The van der Waals surface area contributed by atoms with Crippen LogP contribution in [0.1, 0.15) is 18.4 Å². The number of benzene rings is 1. The van der Waals surface area contributed by atoms with Crippen LogP contribution in [0, 0.1) is 0 Å². The van der Waals surface area contributed by atoms with Crippen LogP contribution in [0.5, 0.6) is 5.75 Å². The van der Waals surface area contributed by atoms with E-state index in [4.69, 9.17) is 9.47 Å². The van der Waals surface area contributed by atoms with Gasteiger partial charge in [-0.05, 0) is 36.6 Å². The molecule has 1 atom stereocenters. The number of anilines is 2. The molecule has 1 aromatic carbocycles. The molecule has 0 unspecified atom stereocenters. The molecule has 0 bridgehead atoms. The highest BCUT2D eigenvalue weighted by atomic mass is 16.5. The van der Waals surface area contributed by atoms with Crippen LogP contribution in [0.25, 0.3) is 0 Å². The predicted octanol–water partition coefficient (Wildman–Crippen LogP) is 2.63. The van der Waals surface area contributed by atoms with E-state index in [-0.39, 0.29) is 24.6 Å². The number of pyridine rings is 1. The van der Waals surface area contributed by atoms with Gasteiger partial charge in [0.25, 0.3) is 5.91 Å². The third kappa shape index (κ3) is 4.40. The molecular formula is C20H22N4O4. The number of ether oxygens (including phenoxy) is 2. The minimum atomic E-state index is -0.185. The van der Waals surface area contributed by atoms with Gasteiger partial charge in [-0.3, -0.25) is 9.78 Å². The molecule has 3 amide bonds. The number of hydrogen-bond donors (Lipinski definition) is 2. The summed E-state index contributed by atoms with van der Waals surface area (Å²) >= 11 is 0. The molecule has 2 aliphatic heterocycles. The molecule has 2 aliphatic rings. The first kappa shape index (κ1) is 18.2. The molecule has 1 aromatic heterocycles. The Kier molecular flexibility index (Phi) is 5.38. The second kappa shape index (κ2) is 8.26. The monoisotopic (exact) mass is 382 g/mol. The molecule has 8 heteroatoms. The van der Waals surface area contributed by atoms with E-state index in [1.807, 2.05) is 12.1 Å². The molecule has 3 heterocycles. The molecule has 28 heavy (non-hydrogen) atoms. The predicted molar refractivity (Wildman–Crippen MR) is 103 cm³/mol. The largest absolute Gasteiger partial charge is 0.482 e. The van der Waals surface area contributed by atoms with Gasteiger partial charge in [-0.25, -0.2) is 4.79 Å². The number of aromatic nitrogens is 1. The van der Waals surface area contributed by atoms with Gasteiger partial charge in [0.15, 0.2) is 6.61 Å². The lowest BCUT2D eigenvalue weighted by Crippen LogP contribution is -2.45. The maximum Gasteiger partial charge on any atom is 0.321 e. The Hall–Kier alpha value is -3.13. The van der Waals surface area contributed by atoms with Crippen molar-refractivity contribution in [2.75, 3.05) is 30.3 Å². The second-order valence-electron chi connectivity index (χ2n) is 6.86. The highest BCUT2D eigenvalue weighted by Crippen LogP contribution is 2.30. The van der Waals surface area contributed by atoms with Crippen molar-refractivity contribution in [3.8, 4) is 5.75 Å². The summed E-state index contributed by atoms with van der Waals surface area (Å²) in [6.07, 6.45) is 5.34. The van der Waals surface area contributed by atoms with Crippen molar-refractivity contribution in [2.24, 2.45) is 0 Å². The number of urea groups is 1. The number of fused-ring (bicyclic) bond motifs is 1. The summed E-state index contributed by atoms with van der Waals surface area (Å²) in [5.41, 5.74) is 2.25. The molecular weight excluding hydrogens is 360 g/mol. The fraction of sp³-hybridized carbons (Fsp3) is 0.350. The summed E-state index contributed by atoms with van der Waals surface area (Å²) in [5.74, 6) is 0.364. The van der Waals surface area contributed by atoms with Gasteiger partial charge in [0, 0.05) is 37.2 Å². The summed E-state index contributed by atoms with van der Waals surface area (Å²) < 4.78 is 11.4. The molecule has 1 fully saturated rings. The van der Waals surface area contributed by atoms with Crippen molar-refractivity contribution in [3.05, 3.63) is 48.3 Å². The Morgan fingerprint density at radius 1 is 1.39 bits per heavy atom. The number of carbonyl (C=O) groups excluding carboxylic acids is 2. The van der Waals surface area contributed by atoms with E-state index in [9.17, 15) is 9.59 Å². The zero-order valence-electron chi connectivity index (χ0n) is 15.4. The highest BCUT2D eigenvalue weighted by Gasteiger charge is 2.25. The van der Waals surface area contributed by atoms with Crippen LogP contribution < -0.4 is 15.4 Å². The number of rotatable bonds is 4. The third-order valence-corrected chi connectivity index (χ3v) is 4.74. The summed E-state index contributed by atoms with van der Waals surface area (Å²) in [7, 11) is 0. The van der Waals surface area contributed by atoms with Crippen LogP contribution in [0.15, 0.2) is 42.7 Å². The number of nitrogens with zero attached hydrogens (tertiary/aromatic N) is 2. The van der Waals surface area contributed by atoms with Crippen molar-refractivity contribution in [1.82, 2.24) is 9.88 Å². The first-order valence-electron chi connectivity index (χ1n) is 9.30. The number of piperidine rings is 1. The van der Waals surface area contributed by atoms with Crippen molar-refractivity contribution >= 4 is 23.3 Å². The van der Waals surface area contributed by atoms with E-state index < -0.39 is 0 Å². The lowest BCUT2D eigenvalue weighted by molar-refractivity contribution is -0.118. The third-order valence-electron chi connectivity index (χ3n) is 4.74. The average Bonchev–Trinajstić information content (AvgIpc) is 2.73. The number of likely N-dealkylation sites (tertiary alicyclic amines) is 1. The van der Waals surface area contributed by atoms with Crippen LogP contribution in [0.4, 0.5) is 16.2 Å². The molecule has 2 aromatic rings. The summed E-state index contributed by atoms with van der Waals surface area (Å²) in [4.78, 5) is 29.8. The van der Waals surface area contributed by atoms with Gasteiger partial charge in [0.2, 0.25) is 0 Å². The number of amides is 3. The Balaban J connectivity index is 1.32. The maximum atomic E-state index is 12.6. The van der Waals surface area contributed by atoms with Gasteiger partial charge in [0.1, 0.15) is 5.75 Å². The molecule has 0 spiro atoms. The Morgan fingerprint density at radius 2 is 2.32 bits per heavy atom. The van der Waals surface area contributed by atoms with Crippen LogP contribution in [-0.2, 0) is 16.1 Å². The summed E-state index contributed by atoms with van der Waals surface area (Å²) in [6.45, 7) is 1.70. The Bertz CT molecular complexity index is 859. The topological polar surface area (TPSA) is 92.8 Å². The first-order valence-corrected chi connectivity index (χ1v) is 9.30. The van der Waals surface area contributed by atoms with E-state index in [0.29, 0.717) is 36.8 Å². The Labute approximate surface area is 162 Å². The normalized spacial score (nSPS) is 18.6. The Morgan fingerprint density at radius 3 is 3.18 bits per heavy atom. The average molecular weight is 382 g/mol. The van der Waals surface area contributed by atoms with Crippen molar-refractivity contribution in [1.29, 1.82) is 0 Å². The van der Waals surface area contributed by atoms with E-state index in [1.165, 1.54) is 0 Å². The van der Waals surface area contributed by atoms with Crippen molar-refractivity contribution < 1.29 is 19.1 Å². The van der Waals surface area contributed by atoms with Crippen molar-refractivity contribution in [2.45, 2.75) is 25.6 Å². The minimum absolute atomic E-state index is 0.00165. The van der Waals surface area contributed by atoms with Gasteiger partial charge < -0.3 is 25.0 Å². The van der Waals surface area contributed by atoms with Crippen molar-refractivity contribution in [3.63, 3.8) is 0 Å². The second-order valence-corrected chi connectivity index (χ2v) is 6.86. The quantitative estimate of drug-likeness (QED) is 0.848. The molecule has 4 rings (SSSR count). The fourth-order valence-electron chi connectivity index (χ4n) is 3.31. The molecule has 0 aliphatic carbocycles. The number of hydrogen-bond acceptors (Lipinski definition) is 5. The maximum absolute atomic E-state index is 12.6. The number of carbonyl (C=O) groups is 2. The SMILES string of the molecule is O=C1COc2cc(NC(=O)N3CCC[C@H](OCc4cccnc4)C3)ccc2N1. The van der Waals surface area contributed by atoms with Gasteiger partial charge in [0.05, 0.1) is 18.4 Å². The molecule has 8 nitrogen and oxygen atoms in total. The molecule has 0 radical (unpaired) electrons. The smallest absolute Gasteiger partial charge is 0.321 e. The van der Waals surface area contributed by atoms with E-state index in [2.05, 4.69) is 15.6 Å². The standard InChI is InChI=1S/C20H22N4O4/c25-19-13-28-18-9-15(5-6-17(18)23-19)22-20(26)24-8-2-4-16(11-24)27-12-14-3-1-7-21-10-14/h1,3,5-7,9-10,16H,2,4,8,11-13H2,(H,22,26)(H,23,25)/t16-/m0/s1. The van der Waals surface area contributed by atoms with Crippen LogP contribution in [0.3, 0.4) is 0 Å². The fourth-order valence-corrected chi connectivity index (χ4v) is 3.31. The minimum Gasteiger partial charge on any atom is -0.482 e. The van der Waals surface area contributed by atoms with Crippen LogP contribution in [-0.4, -0.2) is 47.6 Å². The lowest BCUT2D eigenvalue weighted by Gasteiger charge is -2.32. The van der Waals surface area contributed by atoms with Crippen LogP contribution in [0.2, 0.25) is 0 Å². The molecule has 1 saturated heterocycles. The van der Waals surface area contributed by atoms with E-state index in [1.54, 1.807) is 35.5 Å². The summed E-state index contributed by atoms with van der Waals surface area (Å²) in [6, 6.07) is 8.86. The van der Waals surface area contributed by atoms with Crippen LogP contribution >= 0.6 is 0 Å². The van der Waals surface area contributed by atoms with Gasteiger partial charge in [-0.15, -0.1) is 0 Å². The zero-order chi connectivity index (χ0) is 19.3.